The van der Waals surface area contributed by atoms with Gasteiger partial charge in [0.25, 0.3) is 0 Å². The lowest BCUT2D eigenvalue weighted by Crippen LogP contribution is -2.08. The van der Waals surface area contributed by atoms with Crippen LogP contribution >= 0.6 is 24.4 Å². The SMILES string of the molecule is NC(=S)c1ccccc1.NC(=S)c1ccccc1. The maximum absolute atomic E-state index is 5.35. The molecule has 0 atom stereocenters. The second-order valence-corrected chi connectivity index (χ2v) is 4.34. The molecule has 0 saturated carbocycles. The predicted molar refractivity (Wildman–Crippen MR) is 84.7 cm³/mol. The van der Waals surface area contributed by atoms with Crippen molar-refractivity contribution in [1.82, 2.24) is 0 Å². The number of hydrogen-bond donors (Lipinski definition) is 2. The van der Waals surface area contributed by atoms with E-state index in [4.69, 9.17) is 35.9 Å². The summed E-state index contributed by atoms with van der Waals surface area (Å²) in [5, 5.41) is 0. The summed E-state index contributed by atoms with van der Waals surface area (Å²) in [6, 6.07) is 19.1. The highest BCUT2D eigenvalue weighted by Crippen LogP contribution is 1.96. The molecule has 4 N–H and O–H groups in total. The first kappa shape index (κ1) is 14.3. The van der Waals surface area contributed by atoms with Gasteiger partial charge in [-0.2, -0.15) is 0 Å². The van der Waals surface area contributed by atoms with Gasteiger partial charge in [0.05, 0.1) is 0 Å². The minimum absolute atomic E-state index is 0.454. The molecule has 0 amide bonds. The van der Waals surface area contributed by atoms with E-state index in [2.05, 4.69) is 0 Å². The Bertz CT molecular complexity index is 460. The average molecular weight is 274 g/mol. The zero-order chi connectivity index (χ0) is 13.4. The third kappa shape index (κ3) is 5.03. The summed E-state index contributed by atoms with van der Waals surface area (Å²) in [5.74, 6) is 0. The van der Waals surface area contributed by atoms with E-state index in [-0.39, 0.29) is 0 Å². The molecule has 2 nitrogen and oxygen atoms in total. The molecule has 2 aromatic rings. The maximum Gasteiger partial charge on any atom is 0.103 e. The molecule has 0 saturated heterocycles. The summed E-state index contributed by atoms with van der Waals surface area (Å²) in [7, 11) is 0. The molecule has 0 spiro atoms. The highest BCUT2D eigenvalue weighted by molar-refractivity contribution is 7.80. The third-order valence-electron chi connectivity index (χ3n) is 2.12. The normalized spacial score (nSPS) is 8.89. The summed E-state index contributed by atoms with van der Waals surface area (Å²) < 4.78 is 0. The first-order valence-corrected chi connectivity index (χ1v) is 6.12. The number of nitrogens with two attached hydrogens (primary N) is 2. The van der Waals surface area contributed by atoms with Crippen LogP contribution in [0.15, 0.2) is 60.7 Å². The van der Waals surface area contributed by atoms with Crippen LogP contribution in [0.25, 0.3) is 0 Å². The first-order chi connectivity index (χ1) is 8.61. The van der Waals surface area contributed by atoms with Gasteiger partial charge in [-0.15, -0.1) is 0 Å². The van der Waals surface area contributed by atoms with Crippen molar-refractivity contribution < 1.29 is 0 Å². The van der Waals surface area contributed by atoms with Crippen LogP contribution in [-0.2, 0) is 0 Å². The van der Waals surface area contributed by atoms with E-state index < -0.39 is 0 Å². The van der Waals surface area contributed by atoms with Crippen molar-refractivity contribution in [1.29, 1.82) is 0 Å². The molecule has 0 aromatic heterocycles. The molecule has 0 aliphatic rings. The third-order valence-corrected chi connectivity index (χ3v) is 2.59. The van der Waals surface area contributed by atoms with Crippen molar-refractivity contribution in [2.45, 2.75) is 0 Å². The fourth-order valence-electron chi connectivity index (χ4n) is 1.20. The van der Waals surface area contributed by atoms with Crippen molar-refractivity contribution in [3.8, 4) is 0 Å². The molecule has 2 rings (SSSR count). The standard InChI is InChI=1S/2C7H7NS/c2*8-7(9)6-4-2-1-3-5-6/h2*1-5H,(H2,8,9). The average Bonchev–Trinajstić information content (AvgIpc) is 2.41. The number of thiocarbonyl (C=S) groups is 2. The predicted octanol–water partition coefficient (Wildman–Crippen LogP) is 2.64. The van der Waals surface area contributed by atoms with Crippen molar-refractivity contribution in [2.24, 2.45) is 11.5 Å². The summed E-state index contributed by atoms with van der Waals surface area (Å²) in [6.45, 7) is 0. The Morgan fingerprint density at radius 1 is 0.611 bits per heavy atom. The Morgan fingerprint density at radius 3 is 1.06 bits per heavy atom. The number of benzene rings is 2. The Hall–Kier alpha value is -1.78. The van der Waals surface area contributed by atoms with Crippen LogP contribution in [0.4, 0.5) is 0 Å². The largest absolute Gasteiger partial charge is 0.389 e. The molecule has 0 fully saturated rings. The molecule has 0 aliphatic carbocycles. The molecule has 0 heterocycles. The molecule has 92 valence electrons. The van der Waals surface area contributed by atoms with Crippen molar-refractivity contribution in [2.75, 3.05) is 0 Å². The van der Waals surface area contributed by atoms with E-state index >= 15 is 0 Å². The topological polar surface area (TPSA) is 52.0 Å². The smallest absolute Gasteiger partial charge is 0.103 e. The van der Waals surface area contributed by atoms with Crippen LogP contribution in [0.3, 0.4) is 0 Å². The maximum atomic E-state index is 5.35. The van der Waals surface area contributed by atoms with Crippen LogP contribution in [0, 0.1) is 0 Å². The highest BCUT2D eigenvalue weighted by atomic mass is 32.1. The van der Waals surface area contributed by atoms with E-state index in [0.717, 1.165) is 11.1 Å². The lowest BCUT2D eigenvalue weighted by molar-refractivity contribution is 1.63. The minimum Gasteiger partial charge on any atom is -0.389 e. The van der Waals surface area contributed by atoms with E-state index in [1.54, 1.807) is 0 Å². The van der Waals surface area contributed by atoms with Gasteiger partial charge in [0.15, 0.2) is 0 Å². The Labute approximate surface area is 118 Å². The fraction of sp³-hybridized carbons (Fsp3) is 0. The Morgan fingerprint density at radius 2 is 0.889 bits per heavy atom. The minimum atomic E-state index is 0.454. The zero-order valence-corrected chi connectivity index (χ0v) is 11.4. The molecule has 0 unspecified atom stereocenters. The summed E-state index contributed by atoms with van der Waals surface area (Å²) in [6.07, 6.45) is 0. The van der Waals surface area contributed by atoms with E-state index in [1.807, 2.05) is 60.7 Å². The van der Waals surface area contributed by atoms with Gasteiger partial charge in [-0.25, -0.2) is 0 Å². The van der Waals surface area contributed by atoms with Crippen LogP contribution in [-0.4, -0.2) is 9.98 Å². The van der Waals surface area contributed by atoms with Gasteiger partial charge in [0.2, 0.25) is 0 Å². The molecule has 0 aliphatic heterocycles. The van der Waals surface area contributed by atoms with Gasteiger partial charge in [-0.05, 0) is 0 Å². The Kier molecular flexibility index (Phi) is 5.97. The van der Waals surface area contributed by atoms with Gasteiger partial charge < -0.3 is 11.5 Å². The summed E-state index contributed by atoms with van der Waals surface area (Å²) in [5.41, 5.74) is 12.5. The zero-order valence-electron chi connectivity index (χ0n) is 9.74. The summed E-state index contributed by atoms with van der Waals surface area (Å²) >= 11 is 9.48. The molecule has 18 heavy (non-hydrogen) atoms. The molecule has 2 aromatic carbocycles. The lowest BCUT2D eigenvalue weighted by Gasteiger charge is -1.92. The van der Waals surface area contributed by atoms with E-state index in [0.29, 0.717) is 9.98 Å². The van der Waals surface area contributed by atoms with Crippen LogP contribution in [0.5, 0.6) is 0 Å². The van der Waals surface area contributed by atoms with Gasteiger partial charge in [-0.1, -0.05) is 85.1 Å². The molecule has 4 heteroatoms. The number of rotatable bonds is 2. The molecular formula is C14H14N2S2. The van der Waals surface area contributed by atoms with Crippen molar-refractivity contribution in [3.63, 3.8) is 0 Å². The molecule has 0 radical (unpaired) electrons. The van der Waals surface area contributed by atoms with Gasteiger partial charge >= 0.3 is 0 Å². The van der Waals surface area contributed by atoms with Crippen LogP contribution in [0.1, 0.15) is 11.1 Å². The molecule has 0 bridgehead atoms. The van der Waals surface area contributed by atoms with Gasteiger partial charge in [-0.3, -0.25) is 0 Å². The lowest BCUT2D eigenvalue weighted by atomic mass is 10.2. The Balaban J connectivity index is 0.000000180. The van der Waals surface area contributed by atoms with E-state index in [9.17, 15) is 0 Å². The second-order valence-electron chi connectivity index (χ2n) is 3.46. The van der Waals surface area contributed by atoms with Gasteiger partial charge in [0, 0.05) is 11.1 Å². The van der Waals surface area contributed by atoms with Crippen molar-refractivity contribution in [3.05, 3.63) is 71.8 Å². The van der Waals surface area contributed by atoms with Gasteiger partial charge in [0.1, 0.15) is 9.98 Å². The second kappa shape index (κ2) is 7.53. The molecular weight excluding hydrogens is 260 g/mol. The van der Waals surface area contributed by atoms with E-state index in [1.165, 1.54) is 0 Å². The quantitative estimate of drug-likeness (QED) is 0.827. The monoisotopic (exact) mass is 274 g/mol. The summed E-state index contributed by atoms with van der Waals surface area (Å²) in [4.78, 5) is 0.909. The van der Waals surface area contributed by atoms with Crippen LogP contribution in [0.2, 0.25) is 0 Å². The van der Waals surface area contributed by atoms with Crippen molar-refractivity contribution >= 4 is 34.4 Å². The number of hydrogen-bond acceptors (Lipinski definition) is 2. The fourth-order valence-corrected chi connectivity index (χ4v) is 1.48. The van der Waals surface area contributed by atoms with Crippen LogP contribution < -0.4 is 11.5 Å². The first-order valence-electron chi connectivity index (χ1n) is 5.31. The highest BCUT2D eigenvalue weighted by Gasteiger charge is 1.89.